The largest absolute Gasteiger partial charge is 0.495 e. The number of benzene rings is 1. The van der Waals surface area contributed by atoms with E-state index in [1.165, 1.54) is 0 Å². The van der Waals surface area contributed by atoms with Crippen LogP contribution >= 0.6 is 11.6 Å². The number of fused-ring (bicyclic) bond motifs is 1. The van der Waals surface area contributed by atoms with Crippen LogP contribution in [0.15, 0.2) is 30.6 Å². The van der Waals surface area contributed by atoms with E-state index in [4.69, 9.17) is 16.3 Å². The lowest BCUT2D eigenvalue weighted by Crippen LogP contribution is -2.41. The highest BCUT2D eigenvalue weighted by Gasteiger charge is 2.24. The summed E-state index contributed by atoms with van der Waals surface area (Å²) in [5, 5.41) is 12.2. The van der Waals surface area contributed by atoms with Gasteiger partial charge in [-0.25, -0.2) is 9.67 Å². The topological polar surface area (TPSA) is 101 Å². The number of likely N-dealkylation sites (tertiary alicyclic amines) is 1. The van der Waals surface area contributed by atoms with Crippen LogP contribution in [0, 0.1) is 0 Å². The van der Waals surface area contributed by atoms with E-state index in [0.717, 1.165) is 35.1 Å². The Balaban J connectivity index is 1.57. The van der Waals surface area contributed by atoms with Crippen LogP contribution in [-0.4, -0.2) is 57.7 Å². The molecular formula is C24H29ClN6O3. The average Bonchev–Trinajstić information content (AvgIpc) is 3.27. The zero-order valence-electron chi connectivity index (χ0n) is 19.6. The van der Waals surface area contributed by atoms with Gasteiger partial charge in [-0.05, 0) is 37.5 Å². The molecule has 2 amide bonds. The molecular weight excluding hydrogens is 456 g/mol. The van der Waals surface area contributed by atoms with Crippen molar-refractivity contribution in [1.82, 2.24) is 25.0 Å². The minimum absolute atomic E-state index is 0.0904. The first-order chi connectivity index (χ1) is 16.4. The van der Waals surface area contributed by atoms with Crippen LogP contribution in [0.2, 0.25) is 5.02 Å². The smallest absolute Gasteiger partial charge is 0.255 e. The van der Waals surface area contributed by atoms with Gasteiger partial charge in [0.25, 0.3) is 5.91 Å². The first-order valence-electron chi connectivity index (χ1n) is 11.4. The molecule has 10 heteroatoms. The number of methoxy groups -OCH3 is 1. The highest BCUT2D eigenvalue weighted by Crippen LogP contribution is 2.29. The van der Waals surface area contributed by atoms with Gasteiger partial charge >= 0.3 is 0 Å². The molecule has 180 valence electrons. The van der Waals surface area contributed by atoms with E-state index in [1.54, 1.807) is 43.2 Å². The molecule has 9 nitrogen and oxygen atoms in total. The molecule has 0 unspecified atom stereocenters. The Labute approximate surface area is 203 Å². The molecule has 0 saturated carbocycles. The molecule has 1 saturated heterocycles. The molecule has 1 aliphatic heterocycles. The van der Waals surface area contributed by atoms with Crippen molar-refractivity contribution in [3.05, 3.63) is 46.7 Å². The number of carbonyl (C=O) groups is 2. The fourth-order valence-corrected chi connectivity index (χ4v) is 4.51. The molecule has 1 aliphatic rings. The number of carbonyl (C=O) groups excluding carboxylic acids is 2. The third-order valence-electron chi connectivity index (χ3n) is 6.17. The van der Waals surface area contributed by atoms with Gasteiger partial charge in [-0.2, -0.15) is 5.10 Å². The number of anilines is 1. The summed E-state index contributed by atoms with van der Waals surface area (Å²) in [4.78, 5) is 31.3. The van der Waals surface area contributed by atoms with E-state index in [9.17, 15) is 9.59 Å². The fourth-order valence-electron chi connectivity index (χ4n) is 4.23. The third-order valence-corrected chi connectivity index (χ3v) is 6.46. The molecule has 34 heavy (non-hydrogen) atoms. The number of hydrogen-bond acceptors (Lipinski definition) is 6. The Morgan fingerprint density at radius 2 is 2.00 bits per heavy atom. The first kappa shape index (κ1) is 23.8. The molecule has 3 aromatic rings. The van der Waals surface area contributed by atoms with Crippen molar-refractivity contribution in [2.24, 2.45) is 0 Å². The van der Waals surface area contributed by atoms with Crippen molar-refractivity contribution in [1.29, 1.82) is 0 Å². The van der Waals surface area contributed by atoms with Crippen molar-refractivity contribution < 1.29 is 14.3 Å². The summed E-state index contributed by atoms with van der Waals surface area (Å²) in [5.74, 6) is 0.434. The van der Waals surface area contributed by atoms with Gasteiger partial charge < -0.3 is 20.3 Å². The lowest BCUT2D eigenvalue weighted by atomic mass is 10.0. The predicted octanol–water partition coefficient (Wildman–Crippen LogP) is 3.47. The molecule has 1 fully saturated rings. The number of nitrogens with zero attached hydrogens (tertiary/aromatic N) is 4. The van der Waals surface area contributed by atoms with Gasteiger partial charge in [0, 0.05) is 45.3 Å². The van der Waals surface area contributed by atoms with Gasteiger partial charge in [-0.15, -0.1) is 0 Å². The second kappa shape index (κ2) is 10.3. The number of aromatic nitrogens is 3. The van der Waals surface area contributed by atoms with Crippen LogP contribution in [0.25, 0.3) is 11.0 Å². The van der Waals surface area contributed by atoms with E-state index in [1.807, 2.05) is 17.9 Å². The summed E-state index contributed by atoms with van der Waals surface area (Å²) in [5.41, 5.74) is 2.76. The van der Waals surface area contributed by atoms with Gasteiger partial charge in [0.05, 0.1) is 35.0 Å². The normalized spacial score (nSPS) is 14.3. The molecule has 0 aliphatic carbocycles. The molecule has 0 radical (unpaired) electrons. The lowest BCUT2D eigenvalue weighted by Gasteiger charge is -2.32. The van der Waals surface area contributed by atoms with Gasteiger partial charge in [0.15, 0.2) is 5.65 Å². The van der Waals surface area contributed by atoms with Crippen LogP contribution in [0.3, 0.4) is 0 Å². The standard InChI is InChI=1S/C24H29ClN6O3/c1-4-31-23-18(14-28-31)22(29-17-7-9-30(10-8-17)15(2)32)19(13-26-23)24(33)27-12-16-5-6-21(34-3)20(25)11-16/h5-6,11,13-14,17H,4,7-10,12H2,1-3H3,(H,26,29)(H,27,33). The minimum atomic E-state index is -0.241. The summed E-state index contributed by atoms with van der Waals surface area (Å²) < 4.78 is 6.99. The number of pyridine rings is 1. The van der Waals surface area contributed by atoms with Gasteiger partial charge in [-0.3, -0.25) is 9.59 Å². The van der Waals surface area contributed by atoms with Crippen LogP contribution in [0.1, 0.15) is 42.6 Å². The molecule has 2 N–H and O–H groups in total. The van der Waals surface area contributed by atoms with Crippen molar-refractivity contribution in [2.45, 2.75) is 45.8 Å². The number of amides is 2. The number of halogens is 1. The molecule has 3 heterocycles. The quantitative estimate of drug-likeness (QED) is 0.532. The maximum absolute atomic E-state index is 13.2. The predicted molar refractivity (Wildman–Crippen MR) is 131 cm³/mol. The highest BCUT2D eigenvalue weighted by atomic mass is 35.5. The number of nitrogens with one attached hydrogen (secondary N) is 2. The summed E-state index contributed by atoms with van der Waals surface area (Å²) >= 11 is 6.22. The number of ether oxygens (including phenoxy) is 1. The van der Waals surface area contributed by atoms with Gasteiger partial charge in [0.2, 0.25) is 5.91 Å². The molecule has 0 bridgehead atoms. The molecule has 4 rings (SSSR count). The third kappa shape index (κ3) is 4.94. The SMILES string of the molecule is CCn1ncc2c(NC3CCN(C(C)=O)CC3)c(C(=O)NCc3ccc(OC)c(Cl)c3)cnc21. The number of rotatable bonds is 7. The monoisotopic (exact) mass is 484 g/mol. The molecule has 0 atom stereocenters. The second-order valence-corrected chi connectivity index (χ2v) is 8.73. The Morgan fingerprint density at radius 1 is 1.24 bits per heavy atom. The van der Waals surface area contributed by atoms with E-state index < -0.39 is 0 Å². The lowest BCUT2D eigenvalue weighted by molar-refractivity contribution is -0.129. The van der Waals surface area contributed by atoms with Crippen molar-refractivity contribution >= 4 is 40.1 Å². The van der Waals surface area contributed by atoms with Crippen LogP contribution in [-0.2, 0) is 17.9 Å². The van der Waals surface area contributed by atoms with Gasteiger partial charge in [0.1, 0.15) is 5.75 Å². The van der Waals surface area contributed by atoms with Crippen molar-refractivity contribution in [3.8, 4) is 5.75 Å². The number of aryl methyl sites for hydroxylation is 1. The molecule has 1 aromatic carbocycles. The van der Waals surface area contributed by atoms with Crippen LogP contribution in [0.5, 0.6) is 5.75 Å². The summed E-state index contributed by atoms with van der Waals surface area (Å²) in [6, 6.07) is 5.55. The maximum Gasteiger partial charge on any atom is 0.255 e. The number of piperidine rings is 1. The molecule has 0 spiro atoms. The average molecular weight is 485 g/mol. The maximum atomic E-state index is 13.2. The van der Waals surface area contributed by atoms with Crippen LogP contribution in [0.4, 0.5) is 5.69 Å². The zero-order chi connectivity index (χ0) is 24.2. The van der Waals surface area contributed by atoms with Crippen molar-refractivity contribution in [3.63, 3.8) is 0 Å². The van der Waals surface area contributed by atoms with E-state index in [2.05, 4.69) is 20.7 Å². The Kier molecular flexibility index (Phi) is 7.21. The van der Waals surface area contributed by atoms with Crippen LogP contribution < -0.4 is 15.4 Å². The minimum Gasteiger partial charge on any atom is -0.495 e. The summed E-state index contributed by atoms with van der Waals surface area (Å²) in [6.45, 7) is 5.96. The summed E-state index contributed by atoms with van der Waals surface area (Å²) in [7, 11) is 1.56. The second-order valence-electron chi connectivity index (χ2n) is 8.32. The Hall–Kier alpha value is -3.33. The van der Waals surface area contributed by atoms with Crippen molar-refractivity contribution in [2.75, 3.05) is 25.5 Å². The highest BCUT2D eigenvalue weighted by molar-refractivity contribution is 6.32. The van der Waals surface area contributed by atoms with E-state index >= 15 is 0 Å². The van der Waals surface area contributed by atoms with E-state index in [0.29, 0.717) is 42.5 Å². The Bertz CT molecular complexity index is 1200. The van der Waals surface area contributed by atoms with Gasteiger partial charge in [-0.1, -0.05) is 17.7 Å². The fraction of sp³-hybridized carbons (Fsp3) is 0.417. The summed E-state index contributed by atoms with van der Waals surface area (Å²) in [6.07, 6.45) is 4.95. The number of hydrogen-bond donors (Lipinski definition) is 2. The molecule has 2 aromatic heterocycles. The Morgan fingerprint density at radius 3 is 2.65 bits per heavy atom. The zero-order valence-corrected chi connectivity index (χ0v) is 20.4. The first-order valence-corrected chi connectivity index (χ1v) is 11.8. The van der Waals surface area contributed by atoms with E-state index in [-0.39, 0.29) is 17.9 Å².